The summed E-state index contributed by atoms with van der Waals surface area (Å²) in [6, 6.07) is 0.616. The van der Waals surface area contributed by atoms with E-state index in [2.05, 4.69) is 12.2 Å². The summed E-state index contributed by atoms with van der Waals surface area (Å²) in [5.41, 5.74) is 0. The number of nitrogens with one attached hydrogen (secondary N) is 1. The number of hydrogen-bond acceptors (Lipinski definition) is 2. The highest BCUT2D eigenvalue weighted by molar-refractivity contribution is 5.73. The Hall–Kier alpha value is -0.770. The summed E-state index contributed by atoms with van der Waals surface area (Å²) in [6.07, 6.45) is 2.29. The molecular weight excluding hydrogens is 178 g/mol. The average molecular weight is 199 g/mol. The summed E-state index contributed by atoms with van der Waals surface area (Å²) in [5, 5.41) is 3.40. The number of likely N-dealkylation sites (tertiary alicyclic amines) is 1. The van der Waals surface area contributed by atoms with Crippen LogP contribution >= 0.6 is 0 Å². The standard InChI is InChI=1S/C10H21N3O/c1-4-11-9-6-5-7-13(8-9)10(14)12(2)3/h9,11H,4-8H2,1-3H3. The average Bonchev–Trinajstić information content (AvgIpc) is 2.17. The van der Waals surface area contributed by atoms with E-state index < -0.39 is 0 Å². The van der Waals surface area contributed by atoms with Crippen LogP contribution in [0, 0.1) is 0 Å². The third kappa shape index (κ3) is 2.87. The van der Waals surface area contributed by atoms with Crippen molar-refractivity contribution in [3.63, 3.8) is 0 Å². The van der Waals surface area contributed by atoms with Crippen LogP contribution in [0.15, 0.2) is 0 Å². The molecule has 0 aromatic rings. The van der Waals surface area contributed by atoms with Crippen LogP contribution in [0.4, 0.5) is 4.79 Å². The van der Waals surface area contributed by atoms with Gasteiger partial charge in [0.1, 0.15) is 0 Å². The van der Waals surface area contributed by atoms with Gasteiger partial charge in [0, 0.05) is 33.2 Å². The maximum absolute atomic E-state index is 11.7. The largest absolute Gasteiger partial charge is 0.331 e. The van der Waals surface area contributed by atoms with E-state index in [-0.39, 0.29) is 6.03 Å². The van der Waals surface area contributed by atoms with Crippen molar-refractivity contribution in [2.24, 2.45) is 0 Å². The first-order valence-electron chi connectivity index (χ1n) is 5.34. The van der Waals surface area contributed by atoms with Gasteiger partial charge >= 0.3 is 6.03 Å². The summed E-state index contributed by atoms with van der Waals surface area (Å²) in [7, 11) is 3.61. The number of hydrogen-bond donors (Lipinski definition) is 1. The fourth-order valence-electron chi connectivity index (χ4n) is 1.89. The molecule has 0 radical (unpaired) electrons. The first-order chi connectivity index (χ1) is 6.65. The van der Waals surface area contributed by atoms with Crippen molar-refractivity contribution in [1.29, 1.82) is 0 Å². The molecule has 1 unspecified atom stereocenters. The molecule has 0 aromatic carbocycles. The summed E-state index contributed by atoms with van der Waals surface area (Å²) >= 11 is 0. The van der Waals surface area contributed by atoms with Gasteiger partial charge in [-0.1, -0.05) is 6.92 Å². The van der Waals surface area contributed by atoms with Crippen LogP contribution in [-0.4, -0.2) is 55.6 Å². The lowest BCUT2D eigenvalue weighted by atomic mass is 10.1. The van der Waals surface area contributed by atoms with Gasteiger partial charge in [0.15, 0.2) is 0 Å². The Balaban J connectivity index is 2.43. The van der Waals surface area contributed by atoms with Crippen molar-refractivity contribution < 1.29 is 4.79 Å². The van der Waals surface area contributed by atoms with Crippen LogP contribution in [-0.2, 0) is 0 Å². The summed E-state index contributed by atoms with van der Waals surface area (Å²) in [4.78, 5) is 15.2. The molecule has 1 aliphatic heterocycles. The number of amides is 2. The smallest absolute Gasteiger partial charge is 0.319 e. The lowest BCUT2D eigenvalue weighted by Crippen LogP contribution is -2.50. The van der Waals surface area contributed by atoms with E-state index >= 15 is 0 Å². The van der Waals surface area contributed by atoms with Crippen molar-refractivity contribution in [3.8, 4) is 0 Å². The summed E-state index contributed by atoms with van der Waals surface area (Å²) < 4.78 is 0. The Kier molecular flexibility index (Phi) is 4.20. The molecule has 0 saturated carbocycles. The number of urea groups is 1. The second-order valence-electron chi connectivity index (χ2n) is 4.02. The maximum atomic E-state index is 11.7. The van der Waals surface area contributed by atoms with Crippen LogP contribution in [0.3, 0.4) is 0 Å². The molecule has 0 bridgehead atoms. The van der Waals surface area contributed by atoms with Crippen LogP contribution < -0.4 is 5.32 Å². The van der Waals surface area contributed by atoms with Gasteiger partial charge in [-0.2, -0.15) is 0 Å². The molecule has 1 atom stereocenters. The SMILES string of the molecule is CCNC1CCCN(C(=O)N(C)C)C1. The molecule has 1 N–H and O–H groups in total. The number of carbonyl (C=O) groups is 1. The Bertz CT molecular complexity index is 192. The first kappa shape index (κ1) is 11.3. The minimum atomic E-state index is 0.132. The monoisotopic (exact) mass is 199 g/mol. The summed E-state index contributed by atoms with van der Waals surface area (Å²) in [5.74, 6) is 0. The van der Waals surface area contributed by atoms with Crippen molar-refractivity contribution in [2.45, 2.75) is 25.8 Å². The minimum absolute atomic E-state index is 0.132. The second kappa shape index (κ2) is 5.20. The van der Waals surface area contributed by atoms with E-state index in [9.17, 15) is 4.79 Å². The van der Waals surface area contributed by atoms with Gasteiger partial charge < -0.3 is 15.1 Å². The zero-order valence-electron chi connectivity index (χ0n) is 9.42. The van der Waals surface area contributed by atoms with Crippen molar-refractivity contribution in [3.05, 3.63) is 0 Å². The molecule has 1 saturated heterocycles. The molecule has 0 aliphatic carbocycles. The Morgan fingerprint density at radius 3 is 2.86 bits per heavy atom. The molecule has 1 aliphatic rings. The number of rotatable bonds is 2. The molecule has 0 spiro atoms. The van der Waals surface area contributed by atoms with E-state index in [4.69, 9.17) is 0 Å². The normalized spacial score (nSPS) is 22.2. The van der Waals surface area contributed by atoms with Gasteiger partial charge in [-0.3, -0.25) is 0 Å². The second-order valence-corrected chi connectivity index (χ2v) is 4.02. The van der Waals surface area contributed by atoms with Gasteiger partial charge in [-0.05, 0) is 19.4 Å². The number of piperidine rings is 1. The maximum Gasteiger partial charge on any atom is 0.319 e. The molecule has 82 valence electrons. The van der Waals surface area contributed by atoms with E-state index in [1.807, 2.05) is 4.90 Å². The number of likely N-dealkylation sites (N-methyl/N-ethyl adjacent to an activating group) is 1. The molecule has 4 nitrogen and oxygen atoms in total. The molecule has 4 heteroatoms. The van der Waals surface area contributed by atoms with Crippen molar-refractivity contribution >= 4 is 6.03 Å². The van der Waals surface area contributed by atoms with Crippen LogP contribution in [0.5, 0.6) is 0 Å². The quantitative estimate of drug-likeness (QED) is 0.712. The molecule has 14 heavy (non-hydrogen) atoms. The predicted molar refractivity (Wildman–Crippen MR) is 57.4 cm³/mol. The van der Waals surface area contributed by atoms with Gasteiger partial charge in [-0.15, -0.1) is 0 Å². The van der Waals surface area contributed by atoms with Gasteiger partial charge in [0.2, 0.25) is 0 Å². The zero-order valence-corrected chi connectivity index (χ0v) is 9.42. The van der Waals surface area contributed by atoms with E-state index in [0.717, 1.165) is 26.1 Å². The zero-order chi connectivity index (χ0) is 10.6. The van der Waals surface area contributed by atoms with E-state index in [0.29, 0.717) is 6.04 Å². The lowest BCUT2D eigenvalue weighted by molar-refractivity contribution is 0.150. The van der Waals surface area contributed by atoms with Crippen LogP contribution in [0.25, 0.3) is 0 Å². The number of carbonyl (C=O) groups excluding carboxylic acids is 1. The third-order valence-electron chi connectivity index (χ3n) is 2.57. The highest BCUT2D eigenvalue weighted by Crippen LogP contribution is 2.11. The van der Waals surface area contributed by atoms with Gasteiger partial charge in [0.05, 0.1) is 0 Å². The fraction of sp³-hybridized carbons (Fsp3) is 0.900. The molecular formula is C10H21N3O. The topological polar surface area (TPSA) is 35.6 Å². The fourth-order valence-corrected chi connectivity index (χ4v) is 1.89. The first-order valence-corrected chi connectivity index (χ1v) is 5.34. The van der Waals surface area contributed by atoms with Crippen LogP contribution in [0.1, 0.15) is 19.8 Å². The molecule has 1 rings (SSSR count). The van der Waals surface area contributed by atoms with E-state index in [1.54, 1.807) is 19.0 Å². The highest BCUT2D eigenvalue weighted by Gasteiger charge is 2.23. The Morgan fingerprint density at radius 2 is 2.29 bits per heavy atom. The minimum Gasteiger partial charge on any atom is -0.331 e. The Morgan fingerprint density at radius 1 is 1.57 bits per heavy atom. The lowest BCUT2D eigenvalue weighted by Gasteiger charge is -2.34. The summed E-state index contributed by atoms with van der Waals surface area (Å²) in [6.45, 7) is 4.84. The predicted octanol–water partition coefficient (Wildman–Crippen LogP) is 0.742. The van der Waals surface area contributed by atoms with Gasteiger partial charge in [-0.25, -0.2) is 4.79 Å². The third-order valence-corrected chi connectivity index (χ3v) is 2.57. The van der Waals surface area contributed by atoms with Crippen molar-refractivity contribution in [1.82, 2.24) is 15.1 Å². The molecule has 0 aromatic heterocycles. The Labute approximate surface area is 86.2 Å². The number of nitrogens with zero attached hydrogens (tertiary/aromatic N) is 2. The van der Waals surface area contributed by atoms with Crippen LogP contribution in [0.2, 0.25) is 0 Å². The van der Waals surface area contributed by atoms with Crippen molar-refractivity contribution in [2.75, 3.05) is 33.7 Å². The highest BCUT2D eigenvalue weighted by atomic mass is 16.2. The molecule has 2 amide bonds. The van der Waals surface area contributed by atoms with E-state index in [1.165, 1.54) is 6.42 Å². The molecule has 1 heterocycles. The molecule has 1 fully saturated rings. The van der Waals surface area contributed by atoms with Gasteiger partial charge in [0.25, 0.3) is 0 Å².